The number of furan rings is 1. The zero-order chi connectivity index (χ0) is 57.4. The Balaban J connectivity index is 1.06. The molecule has 0 saturated heterocycles. The van der Waals surface area contributed by atoms with Crippen LogP contribution in [-0.2, 0) is 0 Å². The first-order valence-electron chi connectivity index (χ1n) is 29.1. The summed E-state index contributed by atoms with van der Waals surface area (Å²) in [6.07, 6.45) is 0. The van der Waals surface area contributed by atoms with Crippen LogP contribution in [0.25, 0.3) is 178 Å². The molecule has 5 heterocycles. The van der Waals surface area contributed by atoms with Crippen LogP contribution in [0.15, 0.2) is 271 Å². The molecular formula is C80H44N4OS2. The lowest BCUT2D eigenvalue weighted by Crippen LogP contribution is -2.09. The van der Waals surface area contributed by atoms with Crippen LogP contribution in [-0.4, -0.2) is 9.13 Å². The lowest BCUT2D eigenvalue weighted by atomic mass is 9.88. The van der Waals surface area contributed by atoms with E-state index < -0.39 is 0 Å². The zero-order valence-electron chi connectivity index (χ0n) is 46.4. The van der Waals surface area contributed by atoms with E-state index in [0.717, 1.165) is 136 Å². The number of thiophene rings is 2. The molecule has 0 spiro atoms. The molecular weight excluding hydrogens is 1100 g/mol. The Kier molecular flexibility index (Phi) is 10.8. The third-order valence-electron chi connectivity index (χ3n) is 17.8. The van der Waals surface area contributed by atoms with Gasteiger partial charge in [0.2, 0.25) is 5.69 Å². The van der Waals surface area contributed by atoms with Crippen molar-refractivity contribution < 1.29 is 4.42 Å². The van der Waals surface area contributed by atoms with Crippen LogP contribution in [0.5, 0.6) is 0 Å². The Bertz CT molecular complexity index is 5840. The third-order valence-corrected chi connectivity index (χ3v) is 20.2. The van der Waals surface area contributed by atoms with Gasteiger partial charge in [-0.05, 0) is 93.0 Å². The Hall–Kier alpha value is -11.3. The minimum absolute atomic E-state index is 0.387. The molecule has 0 radical (unpaired) electrons. The summed E-state index contributed by atoms with van der Waals surface area (Å²) in [5.74, 6) is 0. The Morgan fingerprint density at radius 2 is 0.851 bits per heavy atom. The maximum absolute atomic E-state index is 12.5. The molecule has 7 heteroatoms. The average Bonchev–Trinajstić information content (AvgIpc) is 1.60. The van der Waals surface area contributed by atoms with Crippen LogP contribution in [0.3, 0.4) is 0 Å². The lowest BCUT2D eigenvalue weighted by molar-refractivity contribution is 0.669. The van der Waals surface area contributed by atoms with Crippen LogP contribution < -0.4 is 0 Å². The predicted octanol–water partition coefficient (Wildman–Crippen LogP) is 23.3. The standard InChI is InChI=1S/C80H44N4OS2/c1-82-74-70(49-24-10-4-11-25-49)63(46-81)75(71(50-26-12-5-13-27-50)78(74)83-64-32-16-14-28-59(64)72-53(30-18-33-65(72)83)54-31-19-35-67-73(54)60-29-15-17-34-66(60)85-67)84-76-55(38-40-57-61-44-51(47-20-6-2-7-21-47)36-42-68(61)86-79(57)76)56-39-41-58-62-45-52(48-22-8-3-9-23-48)37-43-69(62)87-80(58)77(56)84/h2-45H. The van der Waals surface area contributed by atoms with Crippen molar-refractivity contribution in [2.75, 3.05) is 0 Å². The van der Waals surface area contributed by atoms with Gasteiger partial charge in [-0.2, -0.15) is 5.26 Å². The monoisotopic (exact) mass is 1140 g/mol. The number of rotatable bonds is 7. The second kappa shape index (κ2) is 19.1. The van der Waals surface area contributed by atoms with Gasteiger partial charge < -0.3 is 13.6 Å². The summed E-state index contributed by atoms with van der Waals surface area (Å²) in [5, 5.41) is 23.5. The Labute approximate surface area is 506 Å². The van der Waals surface area contributed by atoms with Crippen LogP contribution in [0.4, 0.5) is 5.69 Å². The first-order valence-corrected chi connectivity index (χ1v) is 30.7. The van der Waals surface area contributed by atoms with Crippen molar-refractivity contribution in [1.82, 2.24) is 9.13 Å². The molecule has 87 heavy (non-hydrogen) atoms. The molecule has 5 nitrogen and oxygen atoms in total. The Morgan fingerprint density at radius 3 is 1.44 bits per heavy atom. The van der Waals surface area contributed by atoms with Crippen LogP contribution in [0.2, 0.25) is 0 Å². The molecule has 0 N–H and O–H groups in total. The molecule has 0 unspecified atom stereocenters. The number of nitriles is 1. The van der Waals surface area contributed by atoms with E-state index in [2.05, 4.69) is 246 Å². The van der Waals surface area contributed by atoms with Crippen molar-refractivity contribution in [1.29, 1.82) is 5.26 Å². The van der Waals surface area contributed by atoms with E-state index in [4.69, 9.17) is 9.26 Å². The number of hydrogen-bond donors (Lipinski definition) is 0. The first-order chi connectivity index (χ1) is 43.1. The number of hydrogen-bond acceptors (Lipinski definition) is 4. The quantitative estimate of drug-likeness (QED) is 0.149. The van der Waals surface area contributed by atoms with Gasteiger partial charge in [-0.1, -0.05) is 218 Å². The van der Waals surface area contributed by atoms with Gasteiger partial charge in [-0.3, -0.25) is 0 Å². The molecule has 0 amide bonds. The molecule has 13 aromatic carbocycles. The van der Waals surface area contributed by atoms with Gasteiger partial charge in [0, 0.05) is 74.4 Å². The minimum atomic E-state index is 0.387. The minimum Gasteiger partial charge on any atom is -0.456 e. The number of fused-ring (bicyclic) bond motifs is 17. The normalized spacial score (nSPS) is 11.9. The number of nitrogens with zero attached hydrogens (tertiary/aromatic N) is 4. The van der Waals surface area contributed by atoms with Crippen molar-refractivity contribution in [2.24, 2.45) is 0 Å². The highest BCUT2D eigenvalue weighted by molar-refractivity contribution is 7.27. The molecule has 0 saturated carbocycles. The molecule has 18 rings (SSSR count). The van der Waals surface area contributed by atoms with Gasteiger partial charge in [0.25, 0.3) is 0 Å². The van der Waals surface area contributed by atoms with E-state index in [-0.39, 0.29) is 0 Å². The largest absolute Gasteiger partial charge is 0.456 e. The molecule has 0 aliphatic heterocycles. The number of para-hydroxylation sites is 2. The highest BCUT2D eigenvalue weighted by Crippen LogP contribution is 2.56. The summed E-state index contributed by atoms with van der Waals surface area (Å²) in [5.41, 5.74) is 17.5. The second-order valence-electron chi connectivity index (χ2n) is 22.3. The lowest BCUT2D eigenvalue weighted by Gasteiger charge is -2.26. The van der Waals surface area contributed by atoms with Crippen LogP contribution in [0.1, 0.15) is 5.56 Å². The van der Waals surface area contributed by atoms with Crippen LogP contribution in [0, 0.1) is 17.9 Å². The molecule has 0 aliphatic rings. The summed E-state index contributed by atoms with van der Waals surface area (Å²) < 4.78 is 15.9. The maximum Gasteiger partial charge on any atom is 0.220 e. The van der Waals surface area contributed by atoms with E-state index in [0.29, 0.717) is 28.2 Å². The van der Waals surface area contributed by atoms with E-state index in [1.165, 1.54) is 20.2 Å². The van der Waals surface area contributed by atoms with Gasteiger partial charge in [0.1, 0.15) is 17.2 Å². The summed E-state index contributed by atoms with van der Waals surface area (Å²) in [6.45, 7) is 9.64. The first kappa shape index (κ1) is 49.1. The topological polar surface area (TPSA) is 51.1 Å². The van der Waals surface area contributed by atoms with Gasteiger partial charge >= 0.3 is 0 Å². The van der Waals surface area contributed by atoms with Gasteiger partial charge in [-0.25, -0.2) is 4.85 Å². The summed E-state index contributed by atoms with van der Waals surface area (Å²) >= 11 is 3.60. The van der Waals surface area contributed by atoms with Crippen molar-refractivity contribution in [2.45, 2.75) is 0 Å². The van der Waals surface area contributed by atoms with E-state index >= 15 is 0 Å². The maximum atomic E-state index is 12.5. The van der Waals surface area contributed by atoms with E-state index in [9.17, 15) is 11.8 Å². The van der Waals surface area contributed by atoms with Crippen molar-refractivity contribution in [3.05, 3.63) is 284 Å². The second-order valence-corrected chi connectivity index (χ2v) is 24.4. The van der Waals surface area contributed by atoms with Crippen LogP contribution >= 0.6 is 22.7 Å². The fourth-order valence-corrected chi connectivity index (χ4v) is 16.5. The molecule has 402 valence electrons. The molecule has 5 aromatic heterocycles. The fourth-order valence-electron chi connectivity index (χ4n) is 14.1. The van der Waals surface area contributed by atoms with Gasteiger partial charge in [0.15, 0.2) is 0 Å². The van der Waals surface area contributed by atoms with Crippen molar-refractivity contribution in [3.8, 4) is 73.1 Å². The molecule has 0 atom stereocenters. The van der Waals surface area contributed by atoms with Crippen molar-refractivity contribution in [3.63, 3.8) is 0 Å². The molecule has 0 fully saturated rings. The summed E-state index contributed by atoms with van der Waals surface area (Å²) in [4.78, 5) is 4.69. The predicted molar refractivity (Wildman–Crippen MR) is 366 cm³/mol. The third kappa shape index (κ3) is 7.16. The zero-order valence-corrected chi connectivity index (χ0v) is 48.1. The van der Waals surface area contributed by atoms with Gasteiger partial charge in [-0.15, -0.1) is 22.7 Å². The van der Waals surface area contributed by atoms with Crippen molar-refractivity contribution >= 4 is 134 Å². The smallest absolute Gasteiger partial charge is 0.220 e. The Morgan fingerprint density at radius 1 is 0.368 bits per heavy atom. The molecule has 18 aromatic rings. The molecule has 0 bridgehead atoms. The highest BCUT2D eigenvalue weighted by Gasteiger charge is 2.34. The number of aromatic nitrogens is 2. The van der Waals surface area contributed by atoms with E-state index in [1.54, 1.807) is 22.7 Å². The van der Waals surface area contributed by atoms with Gasteiger partial charge in [0.05, 0.1) is 55.0 Å². The molecule has 0 aliphatic carbocycles. The SMILES string of the molecule is [C-]#[N+]c1c(-c2ccccc2)c(C#N)c(-n2c3c(ccc4c5cc(-c6ccccc6)ccc5sc43)c3ccc4c5cc(-c6ccccc6)ccc5sc4c32)c(-c2ccccc2)c1-n1c2ccccc2c2c(-c3cccc4oc5ccccc5c34)cccc21. The summed E-state index contributed by atoms with van der Waals surface area (Å²) in [7, 11) is 0. The van der Waals surface area contributed by atoms with E-state index in [1.807, 2.05) is 36.4 Å². The summed E-state index contributed by atoms with van der Waals surface area (Å²) in [6, 6.07) is 97.5. The average molecular weight is 1140 g/mol. The highest BCUT2D eigenvalue weighted by atomic mass is 32.1. The fraction of sp³-hybridized carbons (Fsp3) is 0. The number of benzene rings is 13.